The van der Waals surface area contributed by atoms with E-state index in [4.69, 9.17) is 10.4 Å². The number of hydrogen-bond donors (Lipinski definition) is 1. The first kappa shape index (κ1) is 11.0. The van der Waals surface area contributed by atoms with Crippen LogP contribution in [0.25, 0.3) is 0 Å². The fourth-order valence-electron chi connectivity index (χ4n) is 1.94. The van der Waals surface area contributed by atoms with Crippen molar-refractivity contribution in [2.24, 2.45) is 5.92 Å². The predicted molar refractivity (Wildman–Crippen MR) is 51.6 cm³/mol. The van der Waals surface area contributed by atoms with Gasteiger partial charge >= 0.3 is 5.97 Å². The first-order valence-corrected chi connectivity index (χ1v) is 4.99. The zero-order valence-corrected chi connectivity index (χ0v) is 8.44. The number of nitrogens with zero attached hydrogens (tertiary/aromatic N) is 2. The van der Waals surface area contributed by atoms with E-state index in [-0.39, 0.29) is 18.4 Å². The van der Waals surface area contributed by atoms with Crippen LogP contribution in [0.5, 0.6) is 0 Å². The number of nitriles is 1. The smallest absolute Gasteiger partial charge is 0.303 e. The van der Waals surface area contributed by atoms with Crippen LogP contribution in [0.4, 0.5) is 0 Å². The molecule has 4 heteroatoms. The molecule has 0 aromatic carbocycles. The van der Waals surface area contributed by atoms with E-state index >= 15 is 0 Å². The van der Waals surface area contributed by atoms with Crippen molar-refractivity contribution in [3.05, 3.63) is 0 Å². The number of carbonyl (C=O) groups is 1. The molecule has 0 amide bonds. The molecule has 1 saturated heterocycles. The van der Waals surface area contributed by atoms with Gasteiger partial charge < -0.3 is 5.11 Å². The van der Waals surface area contributed by atoms with Crippen LogP contribution in [0.1, 0.15) is 26.2 Å². The molecule has 1 N–H and O–H groups in total. The van der Waals surface area contributed by atoms with E-state index in [9.17, 15) is 4.79 Å². The molecule has 1 aliphatic heterocycles. The normalized spacial score (nSPS) is 25.3. The molecular weight excluding hydrogens is 180 g/mol. The van der Waals surface area contributed by atoms with Gasteiger partial charge in [0.1, 0.15) is 0 Å². The van der Waals surface area contributed by atoms with Crippen molar-refractivity contribution in [3.63, 3.8) is 0 Å². The Morgan fingerprint density at radius 1 is 1.79 bits per heavy atom. The van der Waals surface area contributed by atoms with Crippen molar-refractivity contribution >= 4 is 5.97 Å². The molecule has 14 heavy (non-hydrogen) atoms. The Labute approximate surface area is 84.1 Å². The topological polar surface area (TPSA) is 64.3 Å². The summed E-state index contributed by atoms with van der Waals surface area (Å²) < 4.78 is 0. The lowest BCUT2D eigenvalue weighted by Gasteiger charge is -2.33. The zero-order chi connectivity index (χ0) is 10.6. The number of piperidine rings is 1. The second-order valence-electron chi connectivity index (χ2n) is 3.91. The number of hydrogen-bond acceptors (Lipinski definition) is 3. The summed E-state index contributed by atoms with van der Waals surface area (Å²) in [5, 5.41) is 17.4. The molecule has 0 aliphatic carbocycles. The molecular formula is C10H16N2O2. The number of rotatable bonds is 3. The number of carboxylic acid groups (broad SMARTS) is 1. The molecule has 0 saturated carbocycles. The van der Waals surface area contributed by atoms with Crippen LogP contribution < -0.4 is 0 Å². The van der Waals surface area contributed by atoms with E-state index in [1.54, 1.807) is 0 Å². The highest BCUT2D eigenvalue weighted by molar-refractivity contribution is 5.67. The highest BCUT2D eigenvalue weighted by Crippen LogP contribution is 2.20. The molecule has 1 rings (SSSR count). The van der Waals surface area contributed by atoms with Crippen LogP contribution in [-0.4, -0.2) is 35.1 Å². The molecule has 0 radical (unpaired) electrons. The fraction of sp³-hybridized carbons (Fsp3) is 0.800. The summed E-state index contributed by atoms with van der Waals surface area (Å²) in [4.78, 5) is 12.6. The molecule has 1 fully saturated rings. The summed E-state index contributed by atoms with van der Waals surface area (Å²) in [6, 6.07) is 2.10. The van der Waals surface area contributed by atoms with Gasteiger partial charge in [-0.3, -0.25) is 9.69 Å². The molecule has 0 aromatic rings. The Hall–Kier alpha value is -1.08. The van der Waals surface area contributed by atoms with Gasteiger partial charge in [-0.25, -0.2) is 0 Å². The van der Waals surface area contributed by atoms with Crippen molar-refractivity contribution in [2.75, 3.05) is 13.1 Å². The van der Waals surface area contributed by atoms with Crippen molar-refractivity contribution in [1.29, 1.82) is 5.26 Å². The Balaban J connectivity index is 2.44. The van der Waals surface area contributed by atoms with Crippen LogP contribution in [0.15, 0.2) is 0 Å². The summed E-state index contributed by atoms with van der Waals surface area (Å²) in [6.45, 7) is 3.54. The maximum atomic E-state index is 10.5. The number of aliphatic carboxylic acids is 1. The van der Waals surface area contributed by atoms with Crippen molar-refractivity contribution in [1.82, 2.24) is 4.90 Å². The molecule has 78 valence electrons. The monoisotopic (exact) mass is 196 g/mol. The zero-order valence-electron chi connectivity index (χ0n) is 8.44. The quantitative estimate of drug-likeness (QED) is 0.733. The van der Waals surface area contributed by atoms with Crippen molar-refractivity contribution < 1.29 is 9.90 Å². The summed E-state index contributed by atoms with van der Waals surface area (Å²) in [7, 11) is 0. The van der Waals surface area contributed by atoms with E-state index in [0.717, 1.165) is 25.9 Å². The van der Waals surface area contributed by atoms with Gasteiger partial charge in [0.25, 0.3) is 0 Å². The molecule has 0 bridgehead atoms. The summed E-state index contributed by atoms with van der Waals surface area (Å²) in [6.07, 6.45) is 2.21. The average molecular weight is 196 g/mol. The van der Waals surface area contributed by atoms with E-state index in [0.29, 0.717) is 0 Å². The molecule has 1 aliphatic rings. The van der Waals surface area contributed by atoms with E-state index < -0.39 is 5.97 Å². The minimum Gasteiger partial charge on any atom is -0.481 e. The maximum Gasteiger partial charge on any atom is 0.303 e. The SMILES string of the molecule is CC(C#N)N1CCCC(CC(=O)O)C1. The lowest BCUT2D eigenvalue weighted by atomic mass is 9.94. The van der Waals surface area contributed by atoms with E-state index in [1.165, 1.54) is 0 Å². The lowest BCUT2D eigenvalue weighted by Crippen LogP contribution is -2.41. The third-order valence-corrected chi connectivity index (χ3v) is 2.75. The standard InChI is InChI=1S/C10H16N2O2/c1-8(6-11)12-4-2-3-9(7-12)5-10(13)14/h8-9H,2-5,7H2,1H3,(H,13,14). The van der Waals surface area contributed by atoms with Crippen LogP contribution in [0.2, 0.25) is 0 Å². The van der Waals surface area contributed by atoms with Gasteiger partial charge in [0.2, 0.25) is 0 Å². The second kappa shape index (κ2) is 4.97. The third-order valence-electron chi connectivity index (χ3n) is 2.75. The van der Waals surface area contributed by atoms with Gasteiger partial charge in [-0.05, 0) is 32.2 Å². The number of likely N-dealkylation sites (tertiary alicyclic amines) is 1. The van der Waals surface area contributed by atoms with Crippen LogP contribution in [0.3, 0.4) is 0 Å². The third kappa shape index (κ3) is 3.00. The Kier molecular flexibility index (Phi) is 3.90. The van der Waals surface area contributed by atoms with Gasteiger partial charge in [0.05, 0.1) is 12.1 Å². The predicted octanol–water partition coefficient (Wildman–Crippen LogP) is 1.09. The molecule has 0 aromatic heterocycles. The van der Waals surface area contributed by atoms with Gasteiger partial charge in [-0.15, -0.1) is 0 Å². The van der Waals surface area contributed by atoms with Gasteiger partial charge in [-0.1, -0.05) is 0 Å². The second-order valence-corrected chi connectivity index (χ2v) is 3.91. The first-order valence-electron chi connectivity index (χ1n) is 4.99. The summed E-state index contributed by atoms with van der Waals surface area (Å²) in [5.74, 6) is -0.515. The van der Waals surface area contributed by atoms with E-state index in [1.807, 2.05) is 6.92 Å². The average Bonchev–Trinajstić information content (AvgIpc) is 2.16. The number of carboxylic acids is 1. The maximum absolute atomic E-state index is 10.5. The van der Waals surface area contributed by atoms with E-state index in [2.05, 4.69) is 11.0 Å². The highest BCUT2D eigenvalue weighted by atomic mass is 16.4. The Morgan fingerprint density at radius 3 is 3.07 bits per heavy atom. The first-order chi connectivity index (χ1) is 6.63. The Bertz CT molecular complexity index is 247. The fourth-order valence-corrected chi connectivity index (χ4v) is 1.94. The van der Waals surface area contributed by atoms with Crippen LogP contribution >= 0.6 is 0 Å². The van der Waals surface area contributed by atoms with Gasteiger partial charge in [-0.2, -0.15) is 5.26 Å². The van der Waals surface area contributed by atoms with Crippen molar-refractivity contribution in [3.8, 4) is 6.07 Å². The molecule has 4 nitrogen and oxygen atoms in total. The Morgan fingerprint density at radius 2 is 2.50 bits per heavy atom. The largest absolute Gasteiger partial charge is 0.481 e. The molecule has 1 heterocycles. The van der Waals surface area contributed by atoms with Gasteiger partial charge in [0.15, 0.2) is 0 Å². The van der Waals surface area contributed by atoms with Crippen LogP contribution in [0, 0.1) is 17.2 Å². The molecule has 0 spiro atoms. The minimum absolute atomic E-state index is 0.0911. The highest BCUT2D eigenvalue weighted by Gasteiger charge is 2.24. The minimum atomic E-state index is -0.735. The van der Waals surface area contributed by atoms with Crippen molar-refractivity contribution in [2.45, 2.75) is 32.2 Å². The lowest BCUT2D eigenvalue weighted by molar-refractivity contribution is -0.138. The summed E-state index contributed by atoms with van der Waals surface area (Å²) >= 11 is 0. The molecule has 2 unspecified atom stereocenters. The van der Waals surface area contributed by atoms with Gasteiger partial charge in [0, 0.05) is 13.0 Å². The van der Waals surface area contributed by atoms with Crippen LogP contribution in [-0.2, 0) is 4.79 Å². The molecule has 2 atom stereocenters. The summed E-state index contributed by atoms with van der Waals surface area (Å²) in [5.41, 5.74) is 0.